The number of halogens is 1. The van der Waals surface area contributed by atoms with Gasteiger partial charge in [-0.15, -0.1) is 0 Å². The fourth-order valence-electron chi connectivity index (χ4n) is 1.91. The van der Waals surface area contributed by atoms with Gasteiger partial charge in [0.2, 0.25) is 5.91 Å². The first-order valence-electron chi connectivity index (χ1n) is 6.59. The topological polar surface area (TPSA) is 61.4 Å². The van der Waals surface area contributed by atoms with E-state index in [4.69, 9.17) is 11.6 Å². The number of likely N-dealkylation sites (N-methyl/N-ethyl adjacent to an activating group) is 1. The Balaban J connectivity index is 1.97. The van der Waals surface area contributed by atoms with Gasteiger partial charge in [0.15, 0.2) is 0 Å². The van der Waals surface area contributed by atoms with Crippen molar-refractivity contribution < 1.29 is 9.90 Å². The molecule has 0 bridgehead atoms. The molecule has 3 N–H and O–H groups in total. The number of carbonyl (C=O) groups is 1. The van der Waals surface area contributed by atoms with Crippen molar-refractivity contribution in [1.29, 1.82) is 0 Å². The number of phenols is 1. The van der Waals surface area contributed by atoms with Gasteiger partial charge in [-0.25, -0.2) is 0 Å². The average molecular weight is 305 g/mol. The molecule has 0 aliphatic heterocycles. The molecule has 2 rings (SSSR count). The highest BCUT2D eigenvalue weighted by Crippen LogP contribution is 2.22. The van der Waals surface area contributed by atoms with Gasteiger partial charge in [0, 0.05) is 29.9 Å². The highest BCUT2D eigenvalue weighted by Gasteiger charge is 2.03. The maximum absolute atomic E-state index is 11.3. The molecule has 2 aromatic carbocycles. The van der Waals surface area contributed by atoms with Crippen LogP contribution in [0.25, 0.3) is 0 Å². The Labute approximate surface area is 128 Å². The average Bonchev–Trinajstić information content (AvgIpc) is 2.49. The third-order valence-corrected chi connectivity index (χ3v) is 3.36. The number of amides is 1. The van der Waals surface area contributed by atoms with Crippen LogP contribution in [0.5, 0.6) is 5.75 Å². The second-order valence-corrected chi connectivity index (χ2v) is 5.11. The first kappa shape index (κ1) is 15.2. The van der Waals surface area contributed by atoms with Crippen molar-refractivity contribution in [3.8, 4) is 5.75 Å². The molecule has 0 aliphatic rings. The Hall–Kier alpha value is -2.20. The van der Waals surface area contributed by atoms with Gasteiger partial charge in [0.25, 0.3) is 0 Å². The van der Waals surface area contributed by atoms with Crippen molar-refractivity contribution in [3.63, 3.8) is 0 Å². The van der Waals surface area contributed by atoms with Crippen molar-refractivity contribution in [3.05, 3.63) is 58.6 Å². The fraction of sp³-hybridized carbons (Fsp3) is 0.188. The van der Waals surface area contributed by atoms with Gasteiger partial charge in [-0.1, -0.05) is 23.7 Å². The highest BCUT2D eigenvalue weighted by molar-refractivity contribution is 6.30. The molecule has 0 saturated carbocycles. The van der Waals surface area contributed by atoms with E-state index in [2.05, 4.69) is 10.6 Å². The van der Waals surface area contributed by atoms with Crippen LogP contribution < -0.4 is 10.6 Å². The van der Waals surface area contributed by atoms with Gasteiger partial charge in [0.1, 0.15) is 5.75 Å². The molecule has 0 fully saturated rings. The Morgan fingerprint density at radius 1 is 1.19 bits per heavy atom. The number of nitrogens with one attached hydrogen (secondary N) is 2. The lowest BCUT2D eigenvalue weighted by Crippen LogP contribution is -2.19. The summed E-state index contributed by atoms with van der Waals surface area (Å²) in [6.45, 7) is 0.473. The first-order valence-corrected chi connectivity index (χ1v) is 6.97. The first-order chi connectivity index (χ1) is 10.1. The molecule has 5 heteroatoms. The lowest BCUT2D eigenvalue weighted by molar-refractivity contribution is -0.119. The molecule has 110 valence electrons. The highest BCUT2D eigenvalue weighted by atomic mass is 35.5. The van der Waals surface area contributed by atoms with E-state index in [0.29, 0.717) is 18.0 Å². The zero-order valence-electron chi connectivity index (χ0n) is 11.7. The summed E-state index contributed by atoms with van der Waals surface area (Å²) < 4.78 is 0. The maximum atomic E-state index is 11.3. The summed E-state index contributed by atoms with van der Waals surface area (Å²) in [5.41, 5.74) is 2.59. The summed E-state index contributed by atoms with van der Waals surface area (Å²) in [6, 6.07) is 12.5. The number of benzene rings is 2. The van der Waals surface area contributed by atoms with E-state index >= 15 is 0 Å². The lowest BCUT2D eigenvalue weighted by Gasteiger charge is -2.09. The summed E-state index contributed by atoms with van der Waals surface area (Å²) >= 11 is 5.90. The van der Waals surface area contributed by atoms with E-state index < -0.39 is 0 Å². The van der Waals surface area contributed by atoms with Gasteiger partial charge < -0.3 is 15.7 Å². The standard InChI is InChI=1S/C16H17ClN2O2/c1-18-16(21)8-11-2-5-14(6-3-11)19-10-12-9-13(17)4-7-15(12)20/h2-7,9,19-20H,8,10H2,1H3,(H,18,21). The smallest absolute Gasteiger partial charge is 0.224 e. The van der Waals surface area contributed by atoms with Gasteiger partial charge in [-0.2, -0.15) is 0 Å². The van der Waals surface area contributed by atoms with Crippen LogP contribution in [-0.4, -0.2) is 18.1 Å². The van der Waals surface area contributed by atoms with Gasteiger partial charge >= 0.3 is 0 Å². The van der Waals surface area contributed by atoms with Crippen molar-refractivity contribution in [2.75, 3.05) is 12.4 Å². The molecule has 2 aromatic rings. The predicted molar refractivity (Wildman–Crippen MR) is 84.7 cm³/mol. The number of hydrogen-bond acceptors (Lipinski definition) is 3. The van der Waals surface area contributed by atoms with Crippen molar-refractivity contribution in [2.45, 2.75) is 13.0 Å². The van der Waals surface area contributed by atoms with Crippen molar-refractivity contribution >= 4 is 23.2 Å². The number of carbonyl (C=O) groups excluding carboxylic acids is 1. The number of phenolic OH excluding ortho intramolecular Hbond substituents is 1. The van der Waals surface area contributed by atoms with Crippen LogP contribution in [0.15, 0.2) is 42.5 Å². The van der Waals surface area contributed by atoms with Crippen LogP contribution in [0.4, 0.5) is 5.69 Å². The molecule has 0 heterocycles. The number of aromatic hydroxyl groups is 1. The fourth-order valence-corrected chi connectivity index (χ4v) is 2.10. The SMILES string of the molecule is CNC(=O)Cc1ccc(NCc2cc(Cl)ccc2O)cc1. The van der Waals surface area contributed by atoms with Crippen LogP contribution in [0, 0.1) is 0 Å². The van der Waals surface area contributed by atoms with Crippen molar-refractivity contribution in [1.82, 2.24) is 5.32 Å². The van der Waals surface area contributed by atoms with E-state index in [-0.39, 0.29) is 11.7 Å². The second kappa shape index (κ2) is 6.99. The molecule has 0 aromatic heterocycles. The molecule has 4 nitrogen and oxygen atoms in total. The van der Waals surface area contributed by atoms with Gasteiger partial charge in [-0.05, 0) is 35.9 Å². The second-order valence-electron chi connectivity index (χ2n) is 4.67. The van der Waals surface area contributed by atoms with Gasteiger partial charge in [0.05, 0.1) is 6.42 Å². The molecule has 21 heavy (non-hydrogen) atoms. The summed E-state index contributed by atoms with van der Waals surface area (Å²) in [7, 11) is 1.62. The minimum Gasteiger partial charge on any atom is -0.508 e. The minimum absolute atomic E-state index is 0.0143. The third-order valence-electron chi connectivity index (χ3n) is 3.12. The van der Waals surface area contributed by atoms with Crippen LogP contribution in [0.3, 0.4) is 0 Å². The molecule has 0 aliphatic carbocycles. The summed E-state index contributed by atoms with van der Waals surface area (Å²) in [5, 5.41) is 16.1. The van der Waals surface area contributed by atoms with Crippen LogP contribution in [0.1, 0.15) is 11.1 Å². The molecule has 0 spiro atoms. The maximum Gasteiger partial charge on any atom is 0.224 e. The minimum atomic E-state index is -0.0143. The molecule has 1 amide bonds. The Bertz CT molecular complexity index is 627. The number of anilines is 1. The molecule has 0 atom stereocenters. The molecular formula is C16H17ClN2O2. The van der Waals surface area contributed by atoms with Gasteiger partial charge in [-0.3, -0.25) is 4.79 Å². The number of hydrogen-bond donors (Lipinski definition) is 3. The van der Waals surface area contributed by atoms with E-state index in [9.17, 15) is 9.90 Å². The largest absolute Gasteiger partial charge is 0.508 e. The summed E-state index contributed by atoms with van der Waals surface area (Å²) in [5.74, 6) is 0.197. The van der Waals surface area contributed by atoms with Crippen molar-refractivity contribution in [2.24, 2.45) is 0 Å². The van der Waals surface area contributed by atoms with Crippen LogP contribution in [-0.2, 0) is 17.8 Å². The normalized spacial score (nSPS) is 10.2. The van der Waals surface area contributed by atoms with E-state index in [0.717, 1.165) is 16.8 Å². The Kier molecular flexibility index (Phi) is 5.06. The molecular weight excluding hydrogens is 288 g/mol. The Morgan fingerprint density at radius 2 is 1.90 bits per heavy atom. The quantitative estimate of drug-likeness (QED) is 0.796. The zero-order chi connectivity index (χ0) is 15.2. The van der Waals surface area contributed by atoms with E-state index in [1.807, 2.05) is 24.3 Å². The summed E-state index contributed by atoms with van der Waals surface area (Å²) in [4.78, 5) is 11.3. The zero-order valence-corrected chi connectivity index (χ0v) is 12.4. The molecule has 0 unspecified atom stereocenters. The molecule has 0 radical (unpaired) electrons. The van der Waals surface area contributed by atoms with Crippen LogP contribution in [0.2, 0.25) is 5.02 Å². The molecule has 0 saturated heterocycles. The monoisotopic (exact) mass is 304 g/mol. The third kappa shape index (κ3) is 4.39. The lowest BCUT2D eigenvalue weighted by atomic mass is 10.1. The van der Waals surface area contributed by atoms with E-state index in [1.165, 1.54) is 0 Å². The van der Waals surface area contributed by atoms with E-state index in [1.54, 1.807) is 25.2 Å². The Morgan fingerprint density at radius 3 is 2.57 bits per heavy atom. The number of rotatable bonds is 5. The van der Waals surface area contributed by atoms with Crippen LogP contribution >= 0.6 is 11.6 Å². The predicted octanol–water partition coefficient (Wildman–Crippen LogP) is 2.95. The summed E-state index contributed by atoms with van der Waals surface area (Å²) in [6.07, 6.45) is 0.367.